The lowest BCUT2D eigenvalue weighted by molar-refractivity contribution is 0.0938. The molecule has 11 heteroatoms. The minimum Gasteiger partial charge on any atom is -0.309 e. The van der Waals surface area contributed by atoms with Crippen LogP contribution in [0.1, 0.15) is 54.2 Å². The number of hydrogen-bond acceptors (Lipinski definition) is 6. The summed E-state index contributed by atoms with van der Waals surface area (Å²) >= 11 is 0. The van der Waals surface area contributed by atoms with Crippen molar-refractivity contribution in [3.63, 3.8) is 0 Å². The first-order valence-corrected chi connectivity index (χ1v) is 16.5. The third kappa shape index (κ3) is 6.58. The van der Waals surface area contributed by atoms with Crippen molar-refractivity contribution >= 4 is 22.5 Å². The third-order valence-electron chi connectivity index (χ3n) is 9.49. The third-order valence-corrected chi connectivity index (χ3v) is 9.49. The van der Waals surface area contributed by atoms with Gasteiger partial charge in [0.05, 0.1) is 17.3 Å². The molecule has 2 aromatic carbocycles. The Kier molecular flexibility index (Phi) is 8.77. The summed E-state index contributed by atoms with van der Waals surface area (Å²) in [5.41, 5.74) is 3.35. The number of hydrogen-bond donors (Lipinski definition) is 0. The second-order valence-electron chi connectivity index (χ2n) is 13.2. The molecule has 0 aliphatic heterocycles. The SMILES string of the molecule is CN(C)CCc1ccc(-c2cccc(-n3c(=O)n(C4CCC(CC(=O)c5cn6cc(F)ccc6n5)CC4)c(=O)c4cc(F)cnc43)c2)cc1. The zero-order chi connectivity index (χ0) is 34.2. The van der Waals surface area contributed by atoms with Crippen molar-refractivity contribution < 1.29 is 13.6 Å². The Morgan fingerprint density at radius 3 is 2.43 bits per heavy atom. The van der Waals surface area contributed by atoms with Gasteiger partial charge in [-0.15, -0.1) is 0 Å². The largest absolute Gasteiger partial charge is 0.337 e. The molecular formula is C38H36F2N6O3. The van der Waals surface area contributed by atoms with Crippen LogP contribution in [0.2, 0.25) is 0 Å². The zero-order valence-corrected chi connectivity index (χ0v) is 27.4. The van der Waals surface area contributed by atoms with Gasteiger partial charge in [-0.3, -0.25) is 14.2 Å². The number of carbonyl (C=O) groups excluding carboxylic acids is 1. The van der Waals surface area contributed by atoms with Gasteiger partial charge in [0.2, 0.25) is 0 Å². The lowest BCUT2D eigenvalue weighted by atomic mass is 9.82. The van der Waals surface area contributed by atoms with E-state index in [1.807, 2.05) is 32.3 Å². The van der Waals surface area contributed by atoms with Crippen LogP contribution in [-0.2, 0) is 6.42 Å². The van der Waals surface area contributed by atoms with Crippen LogP contribution in [0.25, 0.3) is 33.5 Å². The van der Waals surface area contributed by atoms with Gasteiger partial charge in [0.15, 0.2) is 11.4 Å². The van der Waals surface area contributed by atoms with E-state index in [-0.39, 0.29) is 34.8 Å². The molecule has 0 unspecified atom stereocenters. The Hall–Kier alpha value is -5.29. The summed E-state index contributed by atoms with van der Waals surface area (Å²) < 4.78 is 32.2. The Balaban J connectivity index is 1.16. The van der Waals surface area contributed by atoms with Crippen molar-refractivity contribution in [1.82, 2.24) is 28.4 Å². The highest BCUT2D eigenvalue weighted by atomic mass is 19.1. The van der Waals surface area contributed by atoms with E-state index in [4.69, 9.17) is 0 Å². The van der Waals surface area contributed by atoms with Crippen LogP contribution >= 0.6 is 0 Å². The fourth-order valence-corrected chi connectivity index (χ4v) is 6.85. The molecule has 0 amide bonds. The first-order chi connectivity index (χ1) is 23.6. The van der Waals surface area contributed by atoms with Gasteiger partial charge < -0.3 is 9.30 Å². The fraction of sp³-hybridized carbons (Fsp3) is 0.289. The van der Waals surface area contributed by atoms with E-state index in [0.717, 1.165) is 36.4 Å². The van der Waals surface area contributed by atoms with Gasteiger partial charge in [0, 0.05) is 31.4 Å². The fourth-order valence-electron chi connectivity index (χ4n) is 6.85. The first kappa shape index (κ1) is 32.3. The number of nitrogens with zero attached hydrogens (tertiary/aromatic N) is 6. The van der Waals surface area contributed by atoms with E-state index in [1.54, 1.807) is 6.07 Å². The van der Waals surface area contributed by atoms with Crippen molar-refractivity contribution in [2.75, 3.05) is 20.6 Å². The zero-order valence-electron chi connectivity index (χ0n) is 27.4. The number of carbonyl (C=O) groups is 1. The van der Waals surface area contributed by atoms with E-state index < -0.39 is 28.9 Å². The number of fused-ring (bicyclic) bond motifs is 2. The van der Waals surface area contributed by atoms with Gasteiger partial charge >= 0.3 is 5.69 Å². The first-order valence-electron chi connectivity index (χ1n) is 16.5. The van der Waals surface area contributed by atoms with Crippen molar-refractivity contribution in [3.05, 3.63) is 129 Å². The summed E-state index contributed by atoms with van der Waals surface area (Å²) in [6, 6.07) is 19.3. The number of imidazole rings is 1. The molecular weight excluding hydrogens is 626 g/mol. The Morgan fingerprint density at radius 1 is 0.898 bits per heavy atom. The second-order valence-corrected chi connectivity index (χ2v) is 13.2. The monoisotopic (exact) mass is 662 g/mol. The summed E-state index contributed by atoms with van der Waals surface area (Å²) in [7, 11) is 4.09. The van der Waals surface area contributed by atoms with Crippen molar-refractivity contribution in [3.8, 4) is 16.8 Å². The van der Waals surface area contributed by atoms with Gasteiger partial charge in [0.1, 0.15) is 23.0 Å². The molecule has 4 aromatic heterocycles. The highest BCUT2D eigenvalue weighted by Crippen LogP contribution is 2.34. The number of rotatable bonds is 9. The van der Waals surface area contributed by atoms with Crippen LogP contribution in [0.5, 0.6) is 0 Å². The minimum absolute atomic E-state index is 0.0239. The van der Waals surface area contributed by atoms with Crippen molar-refractivity contribution in [2.45, 2.75) is 44.6 Å². The summed E-state index contributed by atoms with van der Waals surface area (Å²) in [6.45, 7) is 0.945. The number of halogens is 2. The molecule has 1 saturated carbocycles. The highest BCUT2D eigenvalue weighted by molar-refractivity contribution is 5.95. The number of likely N-dealkylation sites (N-methyl/N-ethyl adjacent to an activating group) is 1. The summed E-state index contributed by atoms with van der Waals surface area (Å²) in [5, 5.41) is 0.0239. The van der Waals surface area contributed by atoms with E-state index >= 15 is 0 Å². The van der Waals surface area contributed by atoms with Crippen LogP contribution in [0.3, 0.4) is 0 Å². The van der Waals surface area contributed by atoms with Crippen LogP contribution in [-0.4, -0.2) is 54.8 Å². The van der Waals surface area contributed by atoms with Crippen LogP contribution < -0.4 is 11.2 Å². The average Bonchev–Trinajstić information content (AvgIpc) is 3.52. The molecule has 4 heterocycles. The lowest BCUT2D eigenvalue weighted by Gasteiger charge is -2.29. The van der Waals surface area contributed by atoms with E-state index in [1.165, 1.54) is 43.6 Å². The van der Waals surface area contributed by atoms with Crippen molar-refractivity contribution in [1.29, 1.82) is 0 Å². The predicted molar refractivity (Wildman–Crippen MR) is 184 cm³/mol. The smallest absolute Gasteiger partial charge is 0.309 e. The molecule has 0 radical (unpaired) electrons. The molecule has 1 fully saturated rings. The average molecular weight is 663 g/mol. The number of aromatic nitrogens is 5. The Morgan fingerprint density at radius 2 is 1.67 bits per heavy atom. The van der Waals surface area contributed by atoms with E-state index in [0.29, 0.717) is 37.0 Å². The van der Waals surface area contributed by atoms with Gasteiger partial charge in [-0.05, 0) is 99.1 Å². The topological polar surface area (TPSA) is 94.5 Å². The molecule has 0 saturated heterocycles. The molecule has 0 N–H and O–H groups in total. The number of benzene rings is 2. The van der Waals surface area contributed by atoms with Crippen LogP contribution in [0.15, 0.2) is 94.9 Å². The summed E-state index contributed by atoms with van der Waals surface area (Å²) in [6.07, 6.45) is 7.24. The second kappa shape index (κ2) is 13.3. The van der Waals surface area contributed by atoms with Crippen molar-refractivity contribution in [2.24, 2.45) is 5.92 Å². The lowest BCUT2D eigenvalue weighted by Crippen LogP contribution is -2.43. The molecule has 250 valence electrons. The van der Waals surface area contributed by atoms with Gasteiger partial charge in [-0.2, -0.15) is 0 Å². The molecule has 0 bridgehead atoms. The highest BCUT2D eigenvalue weighted by Gasteiger charge is 2.29. The number of pyridine rings is 2. The van der Waals surface area contributed by atoms with Gasteiger partial charge in [-0.25, -0.2) is 28.1 Å². The summed E-state index contributed by atoms with van der Waals surface area (Å²) in [5.74, 6) is -1.19. The van der Waals surface area contributed by atoms with Gasteiger partial charge in [0.25, 0.3) is 5.56 Å². The maximum Gasteiger partial charge on any atom is 0.337 e. The molecule has 1 aliphatic rings. The Bertz CT molecular complexity index is 2300. The van der Waals surface area contributed by atoms with E-state index in [9.17, 15) is 23.2 Å². The quantitative estimate of drug-likeness (QED) is 0.170. The Labute approximate surface area is 281 Å². The number of ketones is 1. The molecule has 1 aliphatic carbocycles. The maximum absolute atomic E-state index is 14.5. The maximum atomic E-state index is 14.5. The predicted octanol–water partition coefficient (Wildman–Crippen LogP) is 6.25. The molecule has 0 spiro atoms. The standard InChI is InChI=1S/C38H36F2N6O3/c1-43(2)17-16-24-6-10-26(11-7-24)27-4-3-5-31(19-27)45-36-32(20-29(40)21-41-36)37(48)46(38(45)49)30-13-8-25(9-14-30)18-34(47)33-23-44-22-28(39)12-15-35(44)42-33/h3-7,10-12,15,19-23,25,30H,8-9,13-14,16-18H2,1-2H3. The molecule has 7 rings (SSSR count). The van der Waals surface area contributed by atoms with Crippen LogP contribution in [0, 0.1) is 17.6 Å². The van der Waals surface area contributed by atoms with E-state index in [2.05, 4.69) is 39.1 Å². The molecule has 9 nitrogen and oxygen atoms in total. The number of Topliss-reactive ketones (excluding diaryl/α,β-unsaturated/α-hetero) is 1. The van der Waals surface area contributed by atoms with Crippen LogP contribution in [0.4, 0.5) is 8.78 Å². The molecule has 49 heavy (non-hydrogen) atoms. The minimum atomic E-state index is -0.665. The summed E-state index contributed by atoms with van der Waals surface area (Å²) in [4.78, 5) is 51.8. The normalized spacial score (nSPS) is 16.5. The van der Waals surface area contributed by atoms with Gasteiger partial charge in [-0.1, -0.05) is 36.4 Å². The molecule has 0 atom stereocenters. The molecule has 6 aromatic rings.